The molecule has 0 aliphatic rings. The van der Waals surface area contributed by atoms with Crippen LogP contribution >= 0.6 is 0 Å². The van der Waals surface area contributed by atoms with Crippen LogP contribution in [0.4, 0.5) is 0 Å². The standard InChI is InChI=1S/Cd.GeO.O/c;1-2;/q+2;;-2. The summed E-state index contributed by atoms with van der Waals surface area (Å²) in [6.45, 7) is 0. The van der Waals surface area contributed by atoms with Crippen molar-refractivity contribution in [3.05, 3.63) is 0 Å². The van der Waals surface area contributed by atoms with Gasteiger partial charge in [0.05, 0.1) is 0 Å². The van der Waals surface area contributed by atoms with Gasteiger partial charge in [0.15, 0.2) is 0 Å². The third kappa shape index (κ3) is 10.6. The Bertz CT molecular complexity index is 6.00. The molecule has 0 aliphatic carbocycles. The van der Waals surface area contributed by atoms with Crippen molar-refractivity contribution in [3.8, 4) is 0 Å². The third-order valence-electron chi connectivity index (χ3n) is 0. The van der Waals surface area contributed by atoms with Gasteiger partial charge >= 0.3 is 47.5 Å². The van der Waals surface area contributed by atoms with Crippen molar-refractivity contribution in [1.29, 1.82) is 0 Å². The molecule has 0 spiro atoms. The number of rotatable bonds is 0. The summed E-state index contributed by atoms with van der Waals surface area (Å²) in [5.41, 5.74) is 0. The molecular weight excluding hydrogens is 217 g/mol. The fourth-order valence-corrected chi connectivity index (χ4v) is 0. The normalized spacial score (nSPS) is 1.00. The second kappa shape index (κ2) is 29.3. The summed E-state index contributed by atoms with van der Waals surface area (Å²) in [4.78, 5) is 0. The Morgan fingerprint density at radius 3 is 1.25 bits per heavy atom. The van der Waals surface area contributed by atoms with Gasteiger partial charge in [-0.1, -0.05) is 0 Å². The van der Waals surface area contributed by atoms with Crippen LogP contribution < -0.4 is 0 Å². The molecule has 0 heterocycles. The summed E-state index contributed by atoms with van der Waals surface area (Å²) in [5.74, 6) is 0. The first-order chi connectivity index (χ1) is 1.00. The second-order valence-electron chi connectivity index (χ2n) is 0. The maximum absolute atomic E-state index is 8.25. The van der Waals surface area contributed by atoms with Gasteiger partial charge < -0.3 is 5.48 Å². The first kappa shape index (κ1) is 18.8. The van der Waals surface area contributed by atoms with E-state index in [-0.39, 0.29) is 32.8 Å². The van der Waals surface area contributed by atoms with Crippen molar-refractivity contribution in [2.75, 3.05) is 0 Å². The molecule has 18 valence electrons. The molecule has 0 fully saturated rings. The Kier molecular flexibility index (Phi) is 138. The van der Waals surface area contributed by atoms with Gasteiger partial charge in [-0.05, 0) is 0 Å². The zero-order valence-electron chi connectivity index (χ0n) is 2.02. The molecule has 0 atom stereocenters. The van der Waals surface area contributed by atoms with Gasteiger partial charge in [-0.2, -0.15) is 0 Å². The van der Waals surface area contributed by atoms with E-state index in [0.29, 0.717) is 0 Å². The number of hydrogen-bond donors (Lipinski definition) is 0. The molecule has 0 aromatic heterocycles. The average Bonchev–Trinajstić information content (AvgIpc) is 1.00. The van der Waals surface area contributed by atoms with E-state index in [9.17, 15) is 0 Å². The number of hydrogen-bond acceptors (Lipinski definition) is 1. The zero-order chi connectivity index (χ0) is 2.00. The molecule has 2 nitrogen and oxygen atoms in total. The van der Waals surface area contributed by atoms with E-state index in [2.05, 4.69) is 0 Å². The Balaban J connectivity index is -0.00000000500. The van der Waals surface area contributed by atoms with Crippen LogP contribution in [-0.2, 0) is 36.6 Å². The van der Waals surface area contributed by atoms with E-state index in [1.54, 1.807) is 0 Å². The molecule has 0 amide bonds. The second-order valence-corrected chi connectivity index (χ2v) is 0. The summed E-state index contributed by atoms with van der Waals surface area (Å²) < 4.78 is 8.25. The molecule has 0 bridgehead atoms. The molecule has 4 heavy (non-hydrogen) atoms. The van der Waals surface area contributed by atoms with Crippen LogP contribution in [0.1, 0.15) is 0 Å². The summed E-state index contributed by atoms with van der Waals surface area (Å²) >= 11 is 0.750. The molecule has 2 radical (unpaired) electrons. The van der Waals surface area contributed by atoms with Crippen molar-refractivity contribution in [2.45, 2.75) is 0 Å². The van der Waals surface area contributed by atoms with Gasteiger partial charge in [0.1, 0.15) is 0 Å². The molecule has 0 N–H and O–H groups in total. The van der Waals surface area contributed by atoms with Crippen LogP contribution in [0.15, 0.2) is 0 Å². The Labute approximate surface area is 52.9 Å². The third-order valence-corrected chi connectivity index (χ3v) is 0. The van der Waals surface area contributed by atoms with E-state index in [4.69, 9.17) is 3.78 Å². The van der Waals surface area contributed by atoms with Gasteiger partial charge in [-0.15, -0.1) is 0 Å². The molecule has 0 aromatic carbocycles. The molecule has 0 saturated heterocycles. The quantitative estimate of drug-likeness (QED) is 0.498. The predicted octanol–water partition coefficient (Wildman–Crippen LogP) is -0.621. The Morgan fingerprint density at radius 1 is 1.25 bits per heavy atom. The molecule has 0 saturated carbocycles. The molecule has 0 unspecified atom stereocenters. The maximum atomic E-state index is 8.25. The topological polar surface area (TPSA) is 45.6 Å². The predicted molar refractivity (Wildman–Crippen MR) is 7.13 cm³/mol. The minimum absolute atomic E-state index is 0. The van der Waals surface area contributed by atoms with Crippen LogP contribution in [0.2, 0.25) is 0 Å². The summed E-state index contributed by atoms with van der Waals surface area (Å²) in [5, 5.41) is 0. The molecule has 0 aliphatic heterocycles. The Hall–Kier alpha value is 1.22. The van der Waals surface area contributed by atoms with E-state index in [1.165, 1.54) is 0 Å². The van der Waals surface area contributed by atoms with Crippen molar-refractivity contribution in [3.63, 3.8) is 0 Å². The van der Waals surface area contributed by atoms with Gasteiger partial charge in [-0.3, -0.25) is 0 Å². The molecule has 0 aromatic rings. The van der Waals surface area contributed by atoms with Crippen LogP contribution in [0, 0.1) is 0 Å². The minimum atomic E-state index is 0. The first-order valence-corrected chi connectivity index (χ1v) is 1.06. The fourth-order valence-electron chi connectivity index (χ4n) is 0. The van der Waals surface area contributed by atoms with Gasteiger partial charge in [0, 0.05) is 0 Å². The van der Waals surface area contributed by atoms with Crippen molar-refractivity contribution in [2.24, 2.45) is 0 Å². The van der Waals surface area contributed by atoms with Crippen LogP contribution in [0.25, 0.3) is 0 Å². The SMILES string of the molecule is [Cd+2].[O-2].[O]=[Ge]. The first-order valence-electron chi connectivity index (χ1n) is 0.204. The van der Waals surface area contributed by atoms with Gasteiger partial charge in [0.2, 0.25) is 0 Å². The Morgan fingerprint density at radius 2 is 1.25 bits per heavy atom. The van der Waals surface area contributed by atoms with Gasteiger partial charge in [0.25, 0.3) is 0 Å². The van der Waals surface area contributed by atoms with Gasteiger partial charge in [-0.25, -0.2) is 0 Å². The average molecular weight is 217 g/mol. The van der Waals surface area contributed by atoms with E-state index >= 15 is 0 Å². The van der Waals surface area contributed by atoms with Crippen molar-refractivity contribution in [1.82, 2.24) is 0 Å². The summed E-state index contributed by atoms with van der Waals surface area (Å²) in [6, 6.07) is 0. The molecular formula is CdGeO2. The van der Waals surface area contributed by atoms with E-state index in [1.807, 2.05) is 0 Å². The zero-order valence-corrected chi connectivity index (χ0v) is 8.16. The monoisotopic (exact) mass is 220 g/mol. The van der Waals surface area contributed by atoms with Crippen LogP contribution in [0.5, 0.6) is 0 Å². The van der Waals surface area contributed by atoms with E-state index in [0.717, 1.165) is 16.5 Å². The molecule has 4 heteroatoms. The van der Waals surface area contributed by atoms with E-state index < -0.39 is 0 Å². The van der Waals surface area contributed by atoms with Crippen molar-refractivity contribution < 1.29 is 36.6 Å². The van der Waals surface area contributed by atoms with Crippen molar-refractivity contribution >= 4 is 16.5 Å². The molecule has 0 rings (SSSR count). The summed E-state index contributed by atoms with van der Waals surface area (Å²) in [6.07, 6.45) is 0. The fraction of sp³-hybridized carbons (Fsp3) is 0. The summed E-state index contributed by atoms with van der Waals surface area (Å²) in [7, 11) is 0. The van der Waals surface area contributed by atoms with Crippen LogP contribution in [-0.4, -0.2) is 16.5 Å². The van der Waals surface area contributed by atoms with Crippen LogP contribution in [0.3, 0.4) is 0 Å².